The van der Waals surface area contributed by atoms with Crippen LogP contribution in [0.5, 0.6) is 17.2 Å². The number of benzene rings is 2. The van der Waals surface area contributed by atoms with Gasteiger partial charge in [-0.1, -0.05) is 18.2 Å². The first kappa shape index (κ1) is 11.1. The molecule has 1 fully saturated rings. The molecular weight excluding hydrogens is 226 g/mol. The molecule has 1 heterocycles. The van der Waals surface area contributed by atoms with Crippen molar-refractivity contribution in [3.05, 3.63) is 54.6 Å². The zero-order valence-corrected chi connectivity index (χ0v) is 10.0. The van der Waals surface area contributed by atoms with E-state index >= 15 is 0 Å². The summed E-state index contributed by atoms with van der Waals surface area (Å²) in [6, 6.07) is 17.5. The predicted molar refractivity (Wildman–Crippen MR) is 70.2 cm³/mol. The van der Waals surface area contributed by atoms with E-state index in [9.17, 15) is 0 Å². The standard InChI is InChI=1S/C15H15NO2/c1-2-4-12(5-3-1)17-13-6-8-14(9-7-13)18-15-10-16-11-15/h1-9,15-16H,10-11H2. The van der Waals surface area contributed by atoms with Gasteiger partial charge >= 0.3 is 0 Å². The van der Waals surface area contributed by atoms with E-state index in [0.29, 0.717) is 6.10 Å². The molecule has 0 unspecified atom stereocenters. The van der Waals surface area contributed by atoms with Crippen LogP contribution < -0.4 is 14.8 Å². The molecule has 2 aromatic rings. The van der Waals surface area contributed by atoms with Gasteiger partial charge < -0.3 is 14.8 Å². The van der Waals surface area contributed by atoms with E-state index in [0.717, 1.165) is 30.3 Å². The van der Waals surface area contributed by atoms with Crippen LogP contribution in [-0.2, 0) is 0 Å². The van der Waals surface area contributed by atoms with E-state index in [2.05, 4.69) is 5.32 Å². The Kier molecular flexibility index (Phi) is 3.15. The van der Waals surface area contributed by atoms with Crippen molar-refractivity contribution in [3.63, 3.8) is 0 Å². The van der Waals surface area contributed by atoms with E-state index in [1.54, 1.807) is 0 Å². The van der Waals surface area contributed by atoms with Crippen molar-refractivity contribution in [1.29, 1.82) is 0 Å². The molecule has 0 spiro atoms. The summed E-state index contributed by atoms with van der Waals surface area (Å²) in [5.74, 6) is 2.55. The van der Waals surface area contributed by atoms with Gasteiger partial charge in [0.05, 0.1) is 0 Å². The fourth-order valence-corrected chi connectivity index (χ4v) is 1.75. The third-order valence-corrected chi connectivity index (χ3v) is 2.85. The third kappa shape index (κ3) is 2.63. The van der Waals surface area contributed by atoms with Gasteiger partial charge in [-0.3, -0.25) is 0 Å². The average Bonchev–Trinajstić information content (AvgIpc) is 2.37. The maximum Gasteiger partial charge on any atom is 0.127 e. The highest BCUT2D eigenvalue weighted by Crippen LogP contribution is 2.24. The SMILES string of the molecule is c1ccc(Oc2ccc(OC3CNC3)cc2)cc1. The molecule has 1 N–H and O–H groups in total. The first-order valence-corrected chi connectivity index (χ1v) is 6.10. The summed E-state index contributed by atoms with van der Waals surface area (Å²) < 4.78 is 11.4. The van der Waals surface area contributed by atoms with Crippen LogP contribution in [0.25, 0.3) is 0 Å². The Hall–Kier alpha value is -2.00. The Morgan fingerprint density at radius 1 is 0.778 bits per heavy atom. The van der Waals surface area contributed by atoms with Gasteiger partial charge in [0.2, 0.25) is 0 Å². The summed E-state index contributed by atoms with van der Waals surface area (Å²) in [6.45, 7) is 1.87. The minimum atomic E-state index is 0.311. The molecule has 0 amide bonds. The second kappa shape index (κ2) is 5.10. The number of para-hydroxylation sites is 1. The quantitative estimate of drug-likeness (QED) is 0.892. The van der Waals surface area contributed by atoms with Crippen molar-refractivity contribution < 1.29 is 9.47 Å². The van der Waals surface area contributed by atoms with Crippen LogP contribution in [0.3, 0.4) is 0 Å². The van der Waals surface area contributed by atoms with Gasteiger partial charge in [-0.25, -0.2) is 0 Å². The highest BCUT2D eigenvalue weighted by Gasteiger charge is 2.17. The van der Waals surface area contributed by atoms with Crippen LogP contribution in [0, 0.1) is 0 Å². The monoisotopic (exact) mass is 241 g/mol. The van der Waals surface area contributed by atoms with Crippen molar-refractivity contribution in [2.45, 2.75) is 6.10 Å². The topological polar surface area (TPSA) is 30.5 Å². The molecule has 1 saturated heterocycles. The lowest BCUT2D eigenvalue weighted by Crippen LogP contribution is -2.50. The highest BCUT2D eigenvalue weighted by atomic mass is 16.5. The van der Waals surface area contributed by atoms with Gasteiger partial charge in [0, 0.05) is 13.1 Å². The van der Waals surface area contributed by atoms with Crippen molar-refractivity contribution in [2.24, 2.45) is 0 Å². The Morgan fingerprint density at radius 2 is 1.39 bits per heavy atom. The number of nitrogens with one attached hydrogen (secondary N) is 1. The number of hydrogen-bond acceptors (Lipinski definition) is 3. The fourth-order valence-electron chi connectivity index (χ4n) is 1.75. The Morgan fingerprint density at radius 3 is 2.00 bits per heavy atom. The van der Waals surface area contributed by atoms with E-state index < -0.39 is 0 Å². The molecule has 18 heavy (non-hydrogen) atoms. The fraction of sp³-hybridized carbons (Fsp3) is 0.200. The molecule has 0 saturated carbocycles. The summed E-state index contributed by atoms with van der Waals surface area (Å²) in [6.07, 6.45) is 0.311. The molecule has 1 aliphatic heterocycles. The zero-order valence-electron chi connectivity index (χ0n) is 10.0. The average molecular weight is 241 g/mol. The molecule has 0 radical (unpaired) electrons. The molecular formula is C15H15NO2. The summed E-state index contributed by atoms with van der Waals surface area (Å²) in [7, 11) is 0. The Labute approximate surface area is 106 Å². The van der Waals surface area contributed by atoms with Gasteiger partial charge in [-0.2, -0.15) is 0 Å². The summed E-state index contributed by atoms with van der Waals surface area (Å²) >= 11 is 0. The van der Waals surface area contributed by atoms with E-state index in [4.69, 9.17) is 9.47 Å². The largest absolute Gasteiger partial charge is 0.488 e. The minimum Gasteiger partial charge on any atom is -0.488 e. The lowest BCUT2D eigenvalue weighted by molar-refractivity contribution is 0.142. The summed E-state index contributed by atoms with van der Waals surface area (Å²) in [5, 5.41) is 3.18. The number of rotatable bonds is 4. The molecule has 0 atom stereocenters. The highest BCUT2D eigenvalue weighted by molar-refractivity contribution is 5.35. The number of ether oxygens (including phenoxy) is 2. The van der Waals surface area contributed by atoms with Crippen molar-refractivity contribution >= 4 is 0 Å². The van der Waals surface area contributed by atoms with Crippen LogP contribution in [0.15, 0.2) is 54.6 Å². The van der Waals surface area contributed by atoms with Crippen molar-refractivity contribution in [2.75, 3.05) is 13.1 Å². The van der Waals surface area contributed by atoms with Crippen LogP contribution >= 0.6 is 0 Å². The molecule has 0 bridgehead atoms. The van der Waals surface area contributed by atoms with E-state index in [1.165, 1.54) is 0 Å². The third-order valence-electron chi connectivity index (χ3n) is 2.85. The molecule has 3 heteroatoms. The van der Waals surface area contributed by atoms with E-state index in [-0.39, 0.29) is 0 Å². The summed E-state index contributed by atoms with van der Waals surface area (Å²) in [5.41, 5.74) is 0. The van der Waals surface area contributed by atoms with E-state index in [1.807, 2.05) is 54.6 Å². The molecule has 0 aliphatic carbocycles. The lowest BCUT2D eigenvalue weighted by Gasteiger charge is -2.27. The molecule has 1 aliphatic rings. The van der Waals surface area contributed by atoms with Gasteiger partial charge in [0.15, 0.2) is 0 Å². The first-order chi connectivity index (χ1) is 8.90. The van der Waals surface area contributed by atoms with Gasteiger partial charge in [0.25, 0.3) is 0 Å². The minimum absolute atomic E-state index is 0.311. The molecule has 3 nitrogen and oxygen atoms in total. The molecule has 92 valence electrons. The Balaban J connectivity index is 1.63. The van der Waals surface area contributed by atoms with Crippen LogP contribution in [0.4, 0.5) is 0 Å². The lowest BCUT2D eigenvalue weighted by atomic mass is 10.2. The van der Waals surface area contributed by atoms with Gasteiger partial charge in [0.1, 0.15) is 23.4 Å². The zero-order chi connectivity index (χ0) is 12.2. The second-order valence-corrected chi connectivity index (χ2v) is 4.28. The van der Waals surface area contributed by atoms with Crippen LogP contribution in [0.2, 0.25) is 0 Å². The number of hydrogen-bond donors (Lipinski definition) is 1. The van der Waals surface area contributed by atoms with Crippen molar-refractivity contribution in [3.8, 4) is 17.2 Å². The van der Waals surface area contributed by atoms with Gasteiger partial charge in [-0.05, 0) is 36.4 Å². The van der Waals surface area contributed by atoms with Crippen LogP contribution in [0.1, 0.15) is 0 Å². The molecule has 2 aromatic carbocycles. The van der Waals surface area contributed by atoms with Crippen LogP contribution in [-0.4, -0.2) is 19.2 Å². The maximum atomic E-state index is 5.74. The smallest absolute Gasteiger partial charge is 0.127 e. The second-order valence-electron chi connectivity index (χ2n) is 4.28. The first-order valence-electron chi connectivity index (χ1n) is 6.10. The normalized spacial score (nSPS) is 14.9. The Bertz CT molecular complexity index is 492. The van der Waals surface area contributed by atoms with Gasteiger partial charge in [-0.15, -0.1) is 0 Å². The molecule has 3 rings (SSSR count). The summed E-state index contributed by atoms with van der Waals surface area (Å²) in [4.78, 5) is 0. The maximum absolute atomic E-state index is 5.74. The predicted octanol–water partition coefficient (Wildman–Crippen LogP) is 2.83. The molecule has 0 aromatic heterocycles. The van der Waals surface area contributed by atoms with Crippen molar-refractivity contribution in [1.82, 2.24) is 5.32 Å².